The highest BCUT2D eigenvalue weighted by molar-refractivity contribution is 6.06. The number of hydrogen-bond acceptors (Lipinski definition) is 4. The van der Waals surface area contributed by atoms with Gasteiger partial charge in [-0.05, 0) is 43.7 Å². The Labute approximate surface area is 152 Å². The number of carbonyl (C=O) groups excluding carboxylic acids is 1. The molecule has 2 aromatic rings. The van der Waals surface area contributed by atoms with Gasteiger partial charge in [0.1, 0.15) is 12.4 Å². The number of carboxylic acid groups (broad SMARTS) is 1. The summed E-state index contributed by atoms with van der Waals surface area (Å²) in [6, 6.07) is 13.7. The van der Waals surface area contributed by atoms with Crippen LogP contribution in [-0.2, 0) is 14.9 Å². The van der Waals surface area contributed by atoms with E-state index in [1.54, 1.807) is 69.5 Å². The Kier molecular flexibility index (Phi) is 6.36. The molecule has 0 atom stereocenters. The molecule has 6 heteroatoms. The monoisotopic (exact) mass is 357 g/mol. The van der Waals surface area contributed by atoms with Crippen LogP contribution in [0.1, 0.15) is 29.8 Å². The predicted molar refractivity (Wildman–Crippen MR) is 98.9 cm³/mol. The van der Waals surface area contributed by atoms with Crippen LogP contribution >= 0.6 is 0 Å². The third kappa shape index (κ3) is 4.61. The Morgan fingerprint density at radius 3 is 2.31 bits per heavy atom. The van der Waals surface area contributed by atoms with Crippen molar-refractivity contribution in [2.24, 2.45) is 0 Å². The summed E-state index contributed by atoms with van der Waals surface area (Å²) in [6.07, 6.45) is 0. The molecule has 138 valence electrons. The van der Waals surface area contributed by atoms with Gasteiger partial charge >= 0.3 is 5.97 Å². The van der Waals surface area contributed by atoms with E-state index in [0.717, 1.165) is 0 Å². The fourth-order valence-electron chi connectivity index (χ4n) is 2.31. The minimum absolute atomic E-state index is 0.303. The van der Waals surface area contributed by atoms with Crippen LogP contribution in [-0.4, -0.2) is 37.3 Å². The number of ether oxygens (including phenoxy) is 2. The van der Waals surface area contributed by atoms with Gasteiger partial charge in [0.05, 0.1) is 17.6 Å². The van der Waals surface area contributed by atoms with Gasteiger partial charge in [0.15, 0.2) is 0 Å². The molecule has 0 saturated carbocycles. The number of hydrogen-bond donors (Lipinski definition) is 2. The van der Waals surface area contributed by atoms with Crippen molar-refractivity contribution in [3.05, 3.63) is 59.7 Å². The molecule has 0 aliphatic heterocycles. The first-order chi connectivity index (χ1) is 12.4. The van der Waals surface area contributed by atoms with Crippen molar-refractivity contribution < 1.29 is 24.2 Å². The Hall–Kier alpha value is -2.86. The second-order valence-electron chi connectivity index (χ2n) is 6.30. The number of amides is 1. The van der Waals surface area contributed by atoms with E-state index in [9.17, 15) is 14.7 Å². The van der Waals surface area contributed by atoms with Gasteiger partial charge in [-0.15, -0.1) is 0 Å². The zero-order valence-electron chi connectivity index (χ0n) is 15.1. The number of aliphatic carboxylic acids is 1. The first-order valence-electron chi connectivity index (χ1n) is 8.22. The van der Waals surface area contributed by atoms with Gasteiger partial charge < -0.3 is 19.9 Å². The van der Waals surface area contributed by atoms with Crippen LogP contribution in [0.3, 0.4) is 0 Å². The van der Waals surface area contributed by atoms with Crippen LogP contribution < -0.4 is 10.1 Å². The van der Waals surface area contributed by atoms with Crippen molar-refractivity contribution in [1.82, 2.24) is 0 Å². The summed E-state index contributed by atoms with van der Waals surface area (Å²) in [5.74, 6) is -0.731. The minimum atomic E-state index is -0.996. The molecule has 0 heterocycles. The summed E-state index contributed by atoms with van der Waals surface area (Å²) in [6.45, 7) is 4.05. The van der Waals surface area contributed by atoms with Crippen LogP contribution in [0.15, 0.2) is 48.5 Å². The van der Waals surface area contributed by atoms with Gasteiger partial charge in [-0.25, -0.2) is 0 Å². The van der Waals surface area contributed by atoms with Gasteiger partial charge in [-0.3, -0.25) is 9.59 Å². The number of carbonyl (C=O) groups is 2. The van der Waals surface area contributed by atoms with E-state index in [2.05, 4.69) is 5.32 Å². The fourth-order valence-corrected chi connectivity index (χ4v) is 2.31. The molecule has 0 spiro atoms. The van der Waals surface area contributed by atoms with Crippen molar-refractivity contribution in [3.63, 3.8) is 0 Å². The van der Waals surface area contributed by atoms with Gasteiger partial charge in [-0.2, -0.15) is 0 Å². The molecule has 0 bridgehead atoms. The second-order valence-corrected chi connectivity index (χ2v) is 6.30. The molecular formula is C20H23NO5. The number of carboxylic acids is 1. The molecule has 0 unspecified atom stereocenters. The summed E-state index contributed by atoms with van der Waals surface area (Å²) in [5, 5.41) is 12.1. The van der Waals surface area contributed by atoms with Crippen molar-refractivity contribution in [2.45, 2.75) is 19.3 Å². The summed E-state index contributed by atoms with van der Waals surface area (Å²) >= 11 is 0. The predicted octanol–water partition coefficient (Wildman–Crippen LogP) is 3.33. The molecule has 2 rings (SSSR count). The zero-order valence-corrected chi connectivity index (χ0v) is 15.1. The summed E-state index contributed by atoms with van der Waals surface area (Å²) in [4.78, 5) is 23.9. The van der Waals surface area contributed by atoms with Gasteiger partial charge in [0.2, 0.25) is 0 Å². The molecule has 2 N–H and O–H groups in total. The van der Waals surface area contributed by atoms with Crippen LogP contribution in [0.4, 0.5) is 5.69 Å². The Balaban J connectivity index is 2.12. The molecule has 6 nitrogen and oxygen atoms in total. The molecule has 26 heavy (non-hydrogen) atoms. The molecule has 0 aliphatic rings. The zero-order chi connectivity index (χ0) is 19.2. The molecule has 0 aliphatic carbocycles. The molecule has 0 saturated heterocycles. The Morgan fingerprint density at radius 2 is 1.69 bits per heavy atom. The normalized spacial score (nSPS) is 11.0. The summed E-state index contributed by atoms with van der Waals surface area (Å²) in [7, 11) is 1.58. The van der Waals surface area contributed by atoms with Crippen LogP contribution in [0.5, 0.6) is 5.75 Å². The molecule has 1 amide bonds. The highest BCUT2D eigenvalue weighted by Crippen LogP contribution is 2.25. The molecule has 0 fully saturated rings. The maximum Gasteiger partial charge on any atom is 0.313 e. The minimum Gasteiger partial charge on any atom is -0.490 e. The van der Waals surface area contributed by atoms with E-state index in [4.69, 9.17) is 9.47 Å². The topological polar surface area (TPSA) is 84.9 Å². The quantitative estimate of drug-likeness (QED) is 0.708. The van der Waals surface area contributed by atoms with Gasteiger partial charge in [-0.1, -0.05) is 24.3 Å². The van der Waals surface area contributed by atoms with Crippen molar-refractivity contribution in [2.75, 3.05) is 25.6 Å². The summed E-state index contributed by atoms with van der Waals surface area (Å²) < 4.78 is 10.5. The highest BCUT2D eigenvalue weighted by Gasteiger charge is 2.29. The number of nitrogens with one attached hydrogen (secondary N) is 1. The van der Waals surface area contributed by atoms with Crippen LogP contribution in [0.25, 0.3) is 0 Å². The molecular weight excluding hydrogens is 334 g/mol. The molecule has 2 aromatic carbocycles. The Morgan fingerprint density at radius 1 is 1.04 bits per heavy atom. The van der Waals surface area contributed by atoms with Crippen molar-refractivity contribution in [3.8, 4) is 5.75 Å². The van der Waals surface area contributed by atoms with Gasteiger partial charge in [0.25, 0.3) is 5.91 Å². The average molecular weight is 357 g/mol. The SMILES string of the molecule is COCCOc1ccccc1C(=O)Nc1ccc(C(C)(C)C(=O)O)cc1. The van der Waals surface area contributed by atoms with Crippen molar-refractivity contribution >= 4 is 17.6 Å². The summed E-state index contributed by atoms with van der Waals surface area (Å²) in [5.41, 5.74) is 0.654. The maximum absolute atomic E-state index is 12.5. The van der Waals surface area contributed by atoms with E-state index in [0.29, 0.717) is 35.8 Å². The Bertz CT molecular complexity index is 768. The fraction of sp³-hybridized carbons (Fsp3) is 0.300. The largest absolute Gasteiger partial charge is 0.490 e. The number of benzene rings is 2. The molecule has 0 aromatic heterocycles. The number of rotatable bonds is 8. The van der Waals surface area contributed by atoms with E-state index >= 15 is 0 Å². The maximum atomic E-state index is 12.5. The third-order valence-electron chi connectivity index (χ3n) is 4.08. The van der Waals surface area contributed by atoms with Crippen LogP contribution in [0.2, 0.25) is 0 Å². The van der Waals surface area contributed by atoms with Gasteiger partial charge in [0, 0.05) is 12.8 Å². The number of anilines is 1. The molecule has 0 radical (unpaired) electrons. The third-order valence-corrected chi connectivity index (χ3v) is 4.08. The van der Waals surface area contributed by atoms with E-state index < -0.39 is 11.4 Å². The number of methoxy groups -OCH3 is 1. The van der Waals surface area contributed by atoms with Crippen LogP contribution in [0, 0.1) is 0 Å². The lowest BCUT2D eigenvalue weighted by molar-refractivity contribution is -0.142. The standard InChI is InChI=1S/C20H23NO5/c1-20(2,19(23)24)14-8-10-15(11-9-14)21-18(22)16-6-4-5-7-17(16)26-13-12-25-3/h4-11H,12-13H2,1-3H3,(H,21,22)(H,23,24). The first-order valence-corrected chi connectivity index (χ1v) is 8.22. The lowest BCUT2D eigenvalue weighted by Crippen LogP contribution is -2.28. The van der Waals surface area contributed by atoms with E-state index in [1.165, 1.54) is 0 Å². The smallest absolute Gasteiger partial charge is 0.313 e. The second kappa shape index (κ2) is 8.49. The lowest BCUT2D eigenvalue weighted by Gasteiger charge is -2.20. The first kappa shape index (κ1) is 19.5. The number of para-hydroxylation sites is 1. The van der Waals surface area contributed by atoms with E-state index in [-0.39, 0.29) is 5.91 Å². The van der Waals surface area contributed by atoms with E-state index in [1.807, 2.05) is 0 Å². The average Bonchev–Trinajstić information content (AvgIpc) is 2.62. The highest BCUT2D eigenvalue weighted by atomic mass is 16.5. The lowest BCUT2D eigenvalue weighted by atomic mass is 9.85. The van der Waals surface area contributed by atoms with Crippen molar-refractivity contribution in [1.29, 1.82) is 0 Å².